The van der Waals surface area contributed by atoms with Crippen LogP contribution in [0, 0.1) is 6.92 Å². The minimum absolute atomic E-state index is 0.106. The number of aromatic nitrogens is 1. The molecule has 0 aromatic carbocycles. The van der Waals surface area contributed by atoms with Crippen LogP contribution in [0.5, 0.6) is 0 Å². The zero-order valence-corrected chi connectivity index (χ0v) is 9.00. The summed E-state index contributed by atoms with van der Waals surface area (Å²) >= 11 is 1.32. The molecule has 2 heterocycles. The highest BCUT2D eigenvalue weighted by molar-refractivity contribution is 7.11. The van der Waals surface area contributed by atoms with Crippen molar-refractivity contribution < 1.29 is 9.21 Å². The average molecular weight is 222 g/mol. The molecular weight excluding hydrogens is 212 g/mol. The van der Waals surface area contributed by atoms with E-state index in [0.717, 1.165) is 0 Å². The Labute approximate surface area is 90.7 Å². The molecule has 4 nitrogen and oxygen atoms in total. The third-order valence-corrected chi connectivity index (χ3v) is 2.81. The summed E-state index contributed by atoms with van der Waals surface area (Å²) in [7, 11) is 0. The van der Waals surface area contributed by atoms with Crippen LogP contribution in [0.3, 0.4) is 0 Å². The zero-order valence-electron chi connectivity index (χ0n) is 8.19. The molecule has 2 N–H and O–H groups in total. The minimum Gasteiger partial charge on any atom is -0.464 e. The lowest BCUT2D eigenvalue weighted by Crippen LogP contribution is -2.00. The Morgan fingerprint density at radius 2 is 2.47 bits per heavy atom. The Balaban J connectivity index is 2.37. The molecule has 5 heteroatoms. The van der Waals surface area contributed by atoms with E-state index in [1.807, 2.05) is 0 Å². The first kappa shape index (κ1) is 10.1. The molecule has 0 atom stereocenters. The summed E-state index contributed by atoms with van der Waals surface area (Å²) in [5.41, 5.74) is 5.98. The molecule has 0 fully saturated rings. The van der Waals surface area contributed by atoms with Gasteiger partial charge in [0.05, 0.1) is 12.1 Å². The molecule has 2 rings (SSSR count). The molecule has 0 unspecified atom stereocenters. The van der Waals surface area contributed by atoms with Gasteiger partial charge in [-0.2, -0.15) is 0 Å². The van der Waals surface area contributed by atoms with Gasteiger partial charge < -0.3 is 10.2 Å². The maximum Gasteiger partial charge on any atom is 0.225 e. The third kappa shape index (κ3) is 1.84. The van der Waals surface area contributed by atoms with Gasteiger partial charge in [-0.1, -0.05) is 0 Å². The highest BCUT2D eigenvalue weighted by atomic mass is 32.1. The van der Waals surface area contributed by atoms with Gasteiger partial charge in [0.1, 0.15) is 11.5 Å². The fraction of sp³-hybridized carbons (Fsp3) is 0.200. The second kappa shape index (κ2) is 3.96. The molecular formula is C10H10N2O2S. The lowest BCUT2D eigenvalue weighted by molar-refractivity contribution is 0.103. The number of nitrogens with two attached hydrogens (primary N) is 1. The Kier molecular flexibility index (Phi) is 2.66. The summed E-state index contributed by atoms with van der Waals surface area (Å²) in [5, 5.41) is 2.24. The van der Waals surface area contributed by atoms with Gasteiger partial charge in [-0.3, -0.25) is 4.79 Å². The van der Waals surface area contributed by atoms with E-state index in [0.29, 0.717) is 28.6 Å². The van der Waals surface area contributed by atoms with E-state index in [-0.39, 0.29) is 5.78 Å². The SMILES string of the molecule is Cc1oc(CN)cc1C(=O)c1nccs1. The zero-order chi connectivity index (χ0) is 10.8. The first-order valence-electron chi connectivity index (χ1n) is 4.46. The second-order valence-corrected chi connectivity index (χ2v) is 3.95. The predicted molar refractivity (Wildman–Crippen MR) is 56.9 cm³/mol. The van der Waals surface area contributed by atoms with Crippen LogP contribution in [-0.2, 0) is 6.54 Å². The van der Waals surface area contributed by atoms with E-state index >= 15 is 0 Å². The molecule has 0 aliphatic rings. The van der Waals surface area contributed by atoms with Crippen molar-refractivity contribution in [1.29, 1.82) is 0 Å². The number of aryl methyl sites for hydroxylation is 1. The molecule has 0 aliphatic carbocycles. The van der Waals surface area contributed by atoms with Gasteiger partial charge in [-0.25, -0.2) is 4.98 Å². The minimum atomic E-state index is -0.106. The van der Waals surface area contributed by atoms with Crippen molar-refractivity contribution >= 4 is 17.1 Å². The van der Waals surface area contributed by atoms with Crippen LogP contribution in [0.2, 0.25) is 0 Å². The van der Waals surface area contributed by atoms with Crippen molar-refractivity contribution in [2.75, 3.05) is 0 Å². The first-order valence-corrected chi connectivity index (χ1v) is 5.34. The van der Waals surface area contributed by atoms with Crippen molar-refractivity contribution in [1.82, 2.24) is 4.98 Å². The molecule has 0 spiro atoms. The molecule has 2 aromatic rings. The molecule has 0 amide bonds. The van der Waals surface area contributed by atoms with E-state index in [4.69, 9.17) is 10.2 Å². The number of ketones is 1. The number of furan rings is 1. The number of hydrogen-bond donors (Lipinski definition) is 1. The average Bonchev–Trinajstić information content (AvgIpc) is 2.85. The van der Waals surface area contributed by atoms with E-state index in [1.54, 1.807) is 24.6 Å². The molecule has 0 saturated carbocycles. The third-order valence-electron chi connectivity index (χ3n) is 2.04. The van der Waals surface area contributed by atoms with E-state index in [1.165, 1.54) is 11.3 Å². The van der Waals surface area contributed by atoms with Crippen LogP contribution < -0.4 is 5.73 Å². The van der Waals surface area contributed by atoms with Crippen molar-refractivity contribution in [3.8, 4) is 0 Å². The Morgan fingerprint density at radius 1 is 1.67 bits per heavy atom. The topological polar surface area (TPSA) is 69.1 Å². The summed E-state index contributed by atoms with van der Waals surface area (Å²) in [6.45, 7) is 2.05. The molecule has 2 aromatic heterocycles. The number of hydrogen-bond acceptors (Lipinski definition) is 5. The van der Waals surface area contributed by atoms with Gasteiger partial charge in [0, 0.05) is 11.6 Å². The van der Waals surface area contributed by atoms with Crippen LogP contribution in [0.4, 0.5) is 0 Å². The molecule has 78 valence electrons. The van der Waals surface area contributed by atoms with Gasteiger partial charge in [0.15, 0.2) is 5.01 Å². The lowest BCUT2D eigenvalue weighted by Gasteiger charge is -1.92. The first-order chi connectivity index (χ1) is 7.22. The number of nitrogens with zero attached hydrogens (tertiary/aromatic N) is 1. The number of thiazole rings is 1. The van der Waals surface area contributed by atoms with Crippen molar-refractivity contribution in [2.24, 2.45) is 5.73 Å². The Hall–Kier alpha value is -1.46. The highest BCUT2D eigenvalue weighted by Gasteiger charge is 2.17. The van der Waals surface area contributed by atoms with Crippen LogP contribution in [0.1, 0.15) is 26.9 Å². The highest BCUT2D eigenvalue weighted by Crippen LogP contribution is 2.19. The Morgan fingerprint density at radius 3 is 3.00 bits per heavy atom. The standard InChI is InChI=1S/C10H10N2O2S/c1-6-8(4-7(5-11)14-6)9(13)10-12-2-3-15-10/h2-4H,5,11H2,1H3. The monoisotopic (exact) mass is 222 g/mol. The maximum atomic E-state index is 11.9. The number of rotatable bonds is 3. The van der Waals surface area contributed by atoms with Crippen LogP contribution in [-0.4, -0.2) is 10.8 Å². The second-order valence-electron chi connectivity index (χ2n) is 3.05. The van der Waals surface area contributed by atoms with Crippen molar-refractivity contribution in [3.05, 3.63) is 39.7 Å². The van der Waals surface area contributed by atoms with Gasteiger partial charge in [0.25, 0.3) is 0 Å². The summed E-state index contributed by atoms with van der Waals surface area (Å²) in [6, 6.07) is 1.68. The van der Waals surface area contributed by atoms with Crippen molar-refractivity contribution in [3.63, 3.8) is 0 Å². The van der Waals surface area contributed by atoms with E-state index < -0.39 is 0 Å². The van der Waals surface area contributed by atoms with Gasteiger partial charge in [-0.05, 0) is 13.0 Å². The summed E-state index contributed by atoms with van der Waals surface area (Å²) in [6.07, 6.45) is 1.61. The molecule has 0 bridgehead atoms. The van der Waals surface area contributed by atoms with Gasteiger partial charge >= 0.3 is 0 Å². The van der Waals surface area contributed by atoms with E-state index in [9.17, 15) is 4.79 Å². The van der Waals surface area contributed by atoms with Gasteiger partial charge in [-0.15, -0.1) is 11.3 Å². The summed E-state index contributed by atoms with van der Waals surface area (Å²) in [5.74, 6) is 1.11. The van der Waals surface area contributed by atoms with Crippen LogP contribution in [0.25, 0.3) is 0 Å². The van der Waals surface area contributed by atoms with E-state index in [2.05, 4.69) is 4.98 Å². The molecule has 0 radical (unpaired) electrons. The largest absolute Gasteiger partial charge is 0.464 e. The molecule has 0 saturated heterocycles. The quantitative estimate of drug-likeness (QED) is 0.803. The fourth-order valence-corrected chi connectivity index (χ4v) is 1.91. The molecule has 0 aliphatic heterocycles. The molecule has 15 heavy (non-hydrogen) atoms. The fourth-order valence-electron chi connectivity index (χ4n) is 1.32. The Bertz CT molecular complexity index is 474. The van der Waals surface area contributed by atoms with Crippen LogP contribution >= 0.6 is 11.3 Å². The number of carbonyl (C=O) groups is 1. The lowest BCUT2D eigenvalue weighted by atomic mass is 10.1. The van der Waals surface area contributed by atoms with Crippen LogP contribution in [0.15, 0.2) is 22.1 Å². The maximum absolute atomic E-state index is 11.9. The normalized spacial score (nSPS) is 10.5. The van der Waals surface area contributed by atoms with Gasteiger partial charge in [0.2, 0.25) is 5.78 Å². The number of carbonyl (C=O) groups excluding carboxylic acids is 1. The summed E-state index contributed by atoms with van der Waals surface area (Å²) < 4.78 is 5.31. The smallest absolute Gasteiger partial charge is 0.225 e. The van der Waals surface area contributed by atoms with Crippen molar-refractivity contribution in [2.45, 2.75) is 13.5 Å². The predicted octanol–water partition coefficient (Wildman–Crippen LogP) is 1.73. The summed E-state index contributed by atoms with van der Waals surface area (Å²) in [4.78, 5) is 15.9.